The van der Waals surface area contributed by atoms with E-state index in [2.05, 4.69) is 15.3 Å². The van der Waals surface area contributed by atoms with E-state index in [1.807, 2.05) is 24.3 Å². The number of alkyl halides is 2. The van der Waals surface area contributed by atoms with Gasteiger partial charge in [-0.3, -0.25) is 0 Å². The molecule has 1 aliphatic rings. The predicted molar refractivity (Wildman–Crippen MR) is 88.3 cm³/mol. The molecule has 122 valence electrons. The zero-order valence-corrected chi connectivity index (χ0v) is 12.7. The SMILES string of the molecule is FC(F)Oc1c(NC2CC2)cccc1-c1ccc2ncncc2c1. The highest BCUT2D eigenvalue weighted by Crippen LogP contribution is 2.40. The quantitative estimate of drug-likeness (QED) is 0.751. The van der Waals surface area contributed by atoms with E-state index in [9.17, 15) is 8.78 Å². The number of anilines is 1. The van der Waals surface area contributed by atoms with E-state index in [0.717, 1.165) is 29.3 Å². The van der Waals surface area contributed by atoms with Crippen LogP contribution in [0.1, 0.15) is 12.8 Å². The molecule has 0 radical (unpaired) electrons. The first kappa shape index (κ1) is 14.8. The molecule has 3 aromatic rings. The van der Waals surface area contributed by atoms with Gasteiger partial charge in [0, 0.05) is 23.2 Å². The fourth-order valence-corrected chi connectivity index (χ4v) is 2.69. The Labute approximate surface area is 137 Å². The van der Waals surface area contributed by atoms with Crippen LogP contribution < -0.4 is 10.1 Å². The van der Waals surface area contributed by atoms with Crippen LogP contribution in [0, 0.1) is 0 Å². The first-order valence-electron chi connectivity index (χ1n) is 7.75. The molecule has 1 heterocycles. The molecular weight excluding hydrogens is 312 g/mol. The number of para-hydroxylation sites is 1. The van der Waals surface area contributed by atoms with E-state index < -0.39 is 6.61 Å². The molecule has 0 aliphatic heterocycles. The van der Waals surface area contributed by atoms with E-state index in [1.54, 1.807) is 18.3 Å². The molecule has 1 aromatic heterocycles. The van der Waals surface area contributed by atoms with E-state index in [0.29, 0.717) is 17.3 Å². The Morgan fingerprint density at radius 3 is 2.83 bits per heavy atom. The van der Waals surface area contributed by atoms with Gasteiger partial charge in [-0.1, -0.05) is 18.2 Å². The minimum Gasteiger partial charge on any atom is -0.432 e. The molecule has 0 spiro atoms. The smallest absolute Gasteiger partial charge is 0.387 e. The molecule has 0 amide bonds. The summed E-state index contributed by atoms with van der Waals surface area (Å²) >= 11 is 0. The van der Waals surface area contributed by atoms with Crippen molar-refractivity contribution in [3.8, 4) is 16.9 Å². The average molecular weight is 327 g/mol. The van der Waals surface area contributed by atoms with Gasteiger partial charge in [0.05, 0.1) is 11.2 Å². The van der Waals surface area contributed by atoms with Crippen molar-refractivity contribution in [3.05, 3.63) is 48.9 Å². The summed E-state index contributed by atoms with van der Waals surface area (Å²) in [6.07, 6.45) is 5.27. The highest BCUT2D eigenvalue weighted by atomic mass is 19.3. The summed E-state index contributed by atoms with van der Waals surface area (Å²) in [6, 6.07) is 11.3. The van der Waals surface area contributed by atoms with Crippen LogP contribution in [0.4, 0.5) is 14.5 Å². The first-order valence-corrected chi connectivity index (χ1v) is 7.75. The second kappa shape index (κ2) is 6.03. The highest BCUT2D eigenvalue weighted by molar-refractivity contribution is 5.87. The van der Waals surface area contributed by atoms with Gasteiger partial charge in [0.1, 0.15) is 6.33 Å². The molecule has 2 aromatic carbocycles. The van der Waals surface area contributed by atoms with Gasteiger partial charge in [-0.25, -0.2) is 9.97 Å². The maximum Gasteiger partial charge on any atom is 0.387 e. The van der Waals surface area contributed by atoms with Crippen LogP contribution in [0.25, 0.3) is 22.0 Å². The summed E-state index contributed by atoms with van der Waals surface area (Å²) in [7, 11) is 0. The minimum atomic E-state index is -2.88. The van der Waals surface area contributed by atoms with E-state index in [-0.39, 0.29) is 5.75 Å². The molecule has 0 bridgehead atoms. The van der Waals surface area contributed by atoms with Crippen molar-refractivity contribution in [3.63, 3.8) is 0 Å². The number of hydrogen-bond donors (Lipinski definition) is 1. The van der Waals surface area contributed by atoms with Crippen LogP contribution in [0.3, 0.4) is 0 Å². The zero-order valence-electron chi connectivity index (χ0n) is 12.7. The second-order valence-corrected chi connectivity index (χ2v) is 5.78. The van der Waals surface area contributed by atoms with Gasteiger partial charge in [-0.15, -0.1) is 0 Å². The summed E-state index contributed by atoms with van der Waals surface area (Å²) in [5.41, 5.74) is 2.80. The van der Waals surface area contributed by atoms with Gasteiger partial charge in [-0.2, -0.15) is 8.78 Å². The third kappa shape index (κ3) is 2.99. The van der Waals surface area contributed by atoms with Gasteiger partial charge in [0.2, 0.25) is 0 Å². The molecule has 0 saturated heterocycles. The number of nitrogens with one attached hydrogen (secondary N) is 1. The van der Waals surface area contributed by atoms with Crippen molar-refractivity contribution in [2.75, 3.05) is 5.32 Å². The van der Waals surface area contributed by atoms with Gasteiger partial charge in [0.25, 0.3) is 0 Å². The van der Waals surface area contributed by atoms with Crippen molar-refractivity contribution < 1.29 is 13.5 Å². The van der Waals surface area contributed by atoms with E-state index >= 15 is 0 Å². The molecule has 0 atom stereocenters. The third-order valence-corrected chi connectivity index (χ3v) is 3.97. The van der Waals surface area contributed by atoms with Gasteiger partial charge in [0.15, 0.2) is 5.75 Å². The summed E-state index contributed by atoms with van der Waals surface area (Å²) in [5, 5.41) is 4.10. The number of aromatic nitrogens is 2. The number of rotatable bonds is 5. The molecule has 0 unspecified atom stereocenters. The molecule has 1 fully saturated rings. The van der Waals surface area contributed by atoms with Gasteiger partial charge < -0.3 is 10.1 Å². The van der Waals surface area contributed by atoms with E-state index in [4.69, 9.17) is 4.74 Å². The number of hydrogen-bond acceptors (Lipinski definition) is 4. The predicted octanol–water partition coefficient (Wildman–Crippen LogP) is 4.47. The Morgan fingerprint density at radius 2 is 2.04 bits per heavy atom. The van der Waals surface area contributed by atoms with Gasteiger partial charge >= 0.3 is 6.61 Å². The summed E-state index contributed by atoms with van der Waals surface area (Å²) in [6.45, 7) is -2.88. The minimum absolute atomic E-state index is 0.176. The Hall–Kier alpha value is -2.76. The lowest BCUT2D eigenvalue weighted by molar-refractivity contribution is -0.0489. The topological polar surface area (TPSA) is 47.0 Å². The van der Waals surface area contributed by atoms with Crippen molar-refractivity contribution in [2.24, 2.45) is 0 Å². The van der Waals surface area contributed by atoms with Crippen LogP contribution in [-0.4, -0.2) is 22.6 Å². The third-order valence-electron chi connectivity index (χ3n) is 3.97. The lowest BCUT2D eigenvalue weighted by Crippen LogP contribution is -2.08. The Kier molecular flexibility index (Phi) is 3.72. The molecule has 1 aliphatic carbocycles. The number of halogens is 2. The van der Waals surface area contributed by atoms with Crippen molar-refractivity contribution in [1.29, 1.82) is 0 Å². The van der Waals surface area contributed by atoms with Crippen LogP contribution in [0.15, 0.2) is 48.9 Å². The highest BCUT2D eigenvalue weighted by Gasteiger charge is 2.24. The number of fused-ring (bicyclic) bond motifs is 1. The largest absolute Gasteiger partial charge is 0.432 e. The number of ether oxygens (including phenoxy) is 1. The molecule has 6 heteroatoms. The summed E-state index contributed by atoms with van der Waals surface area (Å²) in [5.74, 6) is 0.176. The fourth-order valence-electron chi connectivity index (χ4n) is 2.69. The van der Waals surface area contributed by atoms with Gasteiger partial charge in [-0.05, 0) is 36.6 Å². The summed E-state index contributed by atoms with van der Waals surface area (Å²) in [4.78, 5) is 8.19. The Balaban J connectivity index is 1.82. The molecule has 1 saturated carbocycles. The maximum absolute atomic E-state index is 12.9. The fraction of sp³-hybridized carbons (Fsp3) is 0.222. The summed E-state index contributed by atoms with van der Waals surface area (Å²) < 4.78 is 30.7. The van der Waals surface area contributed by atoms with Crippen molar-refractivity contribution in [1.82, 2.24) is 9.97 Å². The molecule has 24 heavy (non-hydrogen) atoms. The van der Waals surface area contributed by atoms with Crippen LogP contribution in [0.5, 0.6) is 5.75 Å². The van der Waals surface area contributed by atoms with Crippen LogP contribution >= 0.6 is 0 Å². The Morgan fingerprint density at radius 1 is 1.17 bits per heavy atom. The van der Waals surface area contributed by atoms with Crippen LogP contribution in [-0.2, 0) is 0 Å². The molecule has 4 rings (SSSR count). The van der Waals surface area contributed by atoms with Crippen molar-refractivity contribution in [2.45, 2.75) is 25.5 Å². The lowest BCUT2D eigenvalue weighted by atomic mass is 10.0. The monoisotopic (exact) mass is 327 g/mol. The lowest BCUT2D eigenvalue weighted by Gasteiger charge is -2.17. The standard InChI is InChI=1S/C18H15F2N3O/c19-18(20)24-17-14(2-1-3-16(17)23-13-5-6-13)11-4-7-15-12(8-11)9-21-10-22-15/h1-4,7-10,13,18,23H,5-6H2. The van der Waals surface area contributed by atoms with Crippen molar-refractivity contribution >= 4 is 16.6 Å². The molecule has 4 nitrogen and oxygen atoms in total. The Bertz CT molecular complexity index is 881. The first-order chi connectivity index (χ1) is 11.7. The number of benzene rings is 2. The van der Waals surface area contributed by atoms with Crippen LogP contribution in [0.2, 0.25) is 0 Å². The molecular formula is C18H15F2N3O. The van der Waals surface area contributed by atoms with E-state index in [1.165, 1.54) is 6.33 Å². The maximum atomic E-state index is 12.9. The normalized spacial score (nSPS) is 14.1. The molecule has 1 N–H and O–H groups in total. The average Bonchev–Trinajstić information content (AvgIpc) is 3.39. The second-order valence-electron chi connectivity index (χ2n) is 5.78. The zero-order chi connectivity index (χ0) is 16.5. The number of nitrogens with zero attached hydrogens (tertiary/aromatic N) is 2.